The van der Waals surface area contributed by atoms with Gasteiger partial charge in [-0.15, -0.1) is 0 Å². The molecule has 0 atom stereocenters. The van der Waals surface area contributed by atoms with Crippen LogP contribution in [0.5, 0.6) is 17.2 Å². The molecule has 0 radical (unpaired) electrons. The van der Waals surface area contributed by atoms with Crippen molar-refractivity contribution in [1.29, 1.82) is 0 Å². The maximum absolute atomic E-state index is 13.2. The van der Waals surface area contributed by atoms with Crippen LogP contribution in [-0.4, -0.2) is 40.3 Å². The van der Waals surface area contributed by atoms with E-state index < -0.39 is 0 Å². The standard InChI is InChI=1S/C27H30N2O4/c1-31-22-10-6-19(7-11-22)27(20-8-12-23(32-2)13-9-20)28-26(30)18-29-16-4-5-21-17-24(33-3)14-15-25(21)29/h6-15,17,27H,4-5,16,18H2,1-3H3,(H,28,30). The SMILES string of the molecule is COc1ccc(C(NC(=O)CN2CCCc3cc(OC)ccc32)c2ccc(OC)cc2)cc1. The van der Waals surface area contributed by atoms with Crippen molar-refractivity contribution in [1.82, 2.24) is 5.32 Å². The van der Waals surface area contributed by atoms with E-state index in [1.807, 2.05) is 60.7 Å². The number of fused-ring (bicyclic) bond motifs is 1. The van der Waals surface area contributed by atoms with Gasteiger partial charge in [0.05, 0.1) is 33.9 Å². The maximum Gasteiger partial charge on any atom is 0.240 e. The number of amides is 1. The molecule has 3 aromatic rings. The molecule has 0 saturated heterocycles. The molecule has 1 amide bonds. The van der Waals surface area contributed by atoms with Crippen molar-refractivity contribution in [3.8, 4) is 17.2 Å². The molecule has 6 nitrogen and oxygen atoms in total. The Hall–Kier alpha value is -3.67. The smallest absolute Gasteiger partial charge is 0.240 e. The van der Waals surface area contributed by atoms with Gasteiger partial charge in [-0.25, -0.2) is 0 Å². The van der Waals surface area contributed by atoms with Crippen molar-refractivity contribution >= 4 is 11.6 Å². The van der Waals surface area contributed by atoms with E-state index in [2.05, 4.69) is 16.3 Å². The number of nitrogens with one attached hydrogen (secondary N) is 1. The third kappa shape index (κ3) is 5.22. The molecule has 0 aromatic heterocycles. The third-order valence-corrected chi connectivity index (χ3v) is 6.04. The highest BCUT2D eigenvalue weighted by atomic mass is 16.5. The normalized spacial score (nSPS) is 12.8. The van der Waals surface area contributed by atoms with Gasteiger partial charge in [-0.3, -0.25) is 4.79 Å². The van der Waals surface area contributed by atoms with E-state index in [1.54, 1.807) is 21.3 Å². The molecule has 1 heterocycles. The van der Waals surface area contributed by atoms with Crippen LogP contribution in [0.4, 0.5) is 5.69 Å². The Morgan fingerprint density at radius 1 is 0.848 bits per heavy atom. The molecule has 0 aliphatic carbocycles. The van der Waals surface area contributed by atoms with Gasteiger partial charge in [-0.2, -0.15) is 0 Å². The minimum absolute atomic E-state index is 0.0321. The lowest BCUT2D eigenvalue weighted by Gasteiger charge is -2.31. The Morgan fingerprint density at radius 3 is 1.94 bits per heavy atom. The predicted molar refractivity (Wildman–Crippen MR) is 130 cm³/mol. The van der Waals surface area contributed by atoms with Crippen LogP contribution in [-0.2, 0) is 11.2 Å². The van der Waals surface area contributed by atoms with Crippen molar-refractivity contribution in [3.63, 3.8) is 0 Å². The minimum atomic E-state index is -0.283. The number of carbonyl (C=O) groups is 1. The fourth-order valence-corrected chi connectivity index (χ4v) is 4.27. The van der Waals surface area contributed by atoms with Gasteiger partial charge in [0.25, 0.3) is 0 Å². The van der Waals surface area contributed by atoms with E-state index in [1.165, 1.54) is 5.56 Å². The highest BCUT2D eigenvalue weighted by Gasteiger charge is 2.22. The van der Waals surface area contributed by atoms with Crippen LogP contribution in [0.2, 0.25) is 0 Å². The second kappa shape index (κ2) is 10.3. The lowest BCUT2D eigenvalue weighted by molar-refractivity contribution is -0.120. The van der Waals surface area contributed by atoms with E-state index in [4.69, 9.17) is 14.2 Å². The van der Waals surface area contributed by atoms with Crippen LogP contribution >= 0.6 is 0 Å². The number of benzene rings is 3. The molecule has 1 N–H and O–H groups in total. The zero-order chi connectivity index (χ0) is 23.2. The van der Waals surface area contributed by atoms with Gasteiger partial charge in [0.2, 0.25) is 5.91 Å². The Morgan fingerprint density at radius 2 is 1.39 bits per heavy atom. The summed E-state index contributed by atoms with van der Waals surface area (Å²) >= 11 is 0. The number of rotatable bonds is 8. The van der Waals surface area contributed by atoms with Crippen molar-refractivity contribution in [2.75, 3.05) is 39.3 Å². The summed E-state index contributed by atoms with van der Waals surface area (Å²) in [7, 11) is 4.96. The number of carbonyl (C=O) groups excluding carboxylic acids is 1. The number of methoxy groups -OCH3 is 3. The molecule has 0 bridgehead atoms. The van der Waals surface area contributed by atoms with E-state index in [-0.39, 0.29) is 11.9 Å². The van der Waals surface area contributed by atoms with E-state index in [0.717, 1.165) is 53.4 Å². The summed E-state index contributed by atoms with van der Waals surface area (Å²) in [5.74, 6) is 2.37. The predicted octanol–water partition coefficient (Wildman–Crippen LogP) is 4.37. The maximum atomic E-state index is 13.2. The summed E-state index contributed by atoms with van der Waals surface area (Å²) in [4.78, 5) is 15.4. The summed E-state index contributed by atoms with van der Waals surface area (Å²) in [5, 5.41) is 3.24. The summed E-state index contributed by atoms with van der Waals surface area (Å²) in [6, 6.07) is 21.3. The van der Waals surface area contributed by atoms with Crippen LogP contribution < -0.4 is 24.4 Å². The second-order valence-electron chi connectivity index (χ2n) is 8.07. The highest BCUT2D eigenvalue weighted by Crippen LogP contribution is 2.31. The largest absolute Gasteiger partial charge is 0.497 e. The van der Waals surface area contributed by atoms with Gasteiger partial charge in [0.15, 0.2) is 0 Å². The average molecular weight is 447 g/mol. The van der Waals surface area contributed by atoms with Gasteiger partial charge >= 0.3 is 0 Å². The van der Waals surface area contributed by atoms with Crippen LogP contribution in [0.25, 0.3) is 0 Å². The van der Waals surface area contributed by atoms with Crippen molar-refractivity contribution in [2.24, 2.45) is 0 Å². The number of hydrogen-bond donors (Lipinski definition) is 1. The Balaban J connectivity index is 1.55. The molecule has 0 fully saturated rings. The molecule has 4 rings (SSSR count). The molecule has 172 valence electrons. The molecule has 0 unspecified atom stereocenters. The quantitative estimate of drug-likeness (QED) is 0.557. The molecular weight excluding hydrogens is 416 g/mol. The van der Waals surface area contributed by atoms with Gasteiger partial charge < -0.3 is 24.4 Å². The van der Waals surface area contributed by atoms with Gasteiger partial charge in [-0.05, 0) is 72.0 Å². The fraction of sp³-hybridized carbons (Fsp3) is 0.296. The second-order valence-corrected chi connectivity index (χ2v) is 8.07. The van der Waals surface area contributed by atoms with E-state index >= 15 is 0 Å². The third-order valence-electron chi connectivity index (χ3n) is 6.04. The number of anilines is 1. The zero-order valence-corrected chi connectivity index (χ0v) is 19.3. The first-order valence-electron chi connectivity index (χ1n) is 11.1. The molecule has 1 aliphatic heterocycles. The van der Waals surface area contributed by atoms with Crippen molar-refractivity contribution in [3.05, 3.63) is 83.4 Å². The lowest BCUT2D eigenvalue weighted by atomic mass is 9.98. The average Bonchev–Trinajstić information content (AvgIpc) is 2.87. The topological polar surface area (TPSA) is 60.0 Å². The van der Waals surface area contributed by atoms with Crippen molar-refractivity contribution in [2.45, 2.75) is 18.9 Å². The first kappa shape index (κ1) is 22.5. The zero-order valence-electron chi connectivity index (χ0n) is 19.3. The lowest BCUT2D eigenvalue weighted by Crippen LogP contribution is -2.41. The summed E-state index contributed by atoms with van der Waals surface area (Å²) < 4.78 is 16.0. The van der Waals surface area contributed by atoms with Gasteiger partial charge in [0, 0.05) is 12.2 Å². The van der Waals surface area contributed by atoms with E-state index in [9.17, 15) is 4.79 Å². The first-order valence-corrected chi connectivity index (χ1v) is 11.1. The monoisotopic (exact) mass is 446 g/mol. The molecule has 0 saturated carbocycles. The summed E-state index contributed by atoms with van der Waals surface area (Å²) in [6.07, 6.45) is 2.00. The van der Waals surface area contributed by atoms with Crippen LogP contribution in [0.1, 0.15) is 29.2 Å². The number of nitrogens with zero attached hydrogens (tertiary/aromatic N) is 1. The number of aryl methyl sites for hydroxylation is 1. The molecule has 3 aromatic carbocycles. The van der Waals surface area contributed by atoms with Crippen LogP contribution in [0.15, 0.2) is 66.7 Å². The van der Waals surface area contributed by atoms with Crippen molar-refractivity contribution < 1.29 is 19.0 Å². The summed E-state index contributed by atoms with van der Waals surface area (Å²) in [5.41, 5.74) is 4.29. The van der Waals surface area contributed by atoms with Crippen LogP contribution in [0, 0.1) is 0 Å². The first-order chi connectivity index (χ1) is 16.1. The Bertz CT molecular complexity index is 1030. The van der Waals surface area contributed by atoms with Crippen LogP contribution in [0.3, 0.4) is 0 Å². The molecule has 6 heteroatoms. The molecule has 0 spiro atoms. The summed E-state index contributed by atoms with van der Waals surface area (Å²) in [6.45, 7) is 1.14. The Labute approximate surface area is 195 Å². The number of ether oxygens (including phenoxy) is 3. The number of hydrogen-bond acceptors (Lipinski definition) is 5. The molecule has 33 heavy (non-hydrogen) atoms. The Kier molecular flexibility index (Phi) is 7.03. The fourth-order valence-electron chi connectivity index (χ4n) is 4.27. The van der Waals surface area contributed by atoms with Gasteiger partial charge in [0.1, 0.15) is 17.2 Å². The minimum Gasteiger partial charge on any atom is -0.497 e. The molecular formula is C27H30N2O4. The molecule has 1 aliphatic rings. The van der Waals surface area contributed by atoms with Gasteiger partial charge in [-0.1, -0.05) is 24.3 Å². The van der Waals surface area contributed by atoms with E-state index in [0.29, 0.717) is 6.54 Å². The highest BCUT2D eigenvalue weighted by molar-refractivity contribution is 5.83.